The highest BCUT2D eigenvalue weighted by Crippen LogP contribution is 2.12. The fourth-order valence-electron chi connectivity index (χ4n) is 4.87. The SMILES string of the molecule is CCCC/C=C\C/C=C\CCCCCCCC(=O)OCC(COC(=O)CCCCCCC)OC(=O)CCCCCCCCC. The lowest BCUT2D eigenvalue weighted by atomic mass is 10.1. The lowest BCUT2D eigenvalue weighted by Crippen LogP contribution is -2.30. The highest BCUT2D eigenvalue weighted by molar-refractivity contribution is 5.71. The minimum atomic E-state index is -0.764. The maximum atomic E-state index is 12.5. The van der Waals surface area contributed by atoms with E-state index in [0.717, 1.165) is 83.5 Å². The van der Waals surface area contributed by atoms with Crippen molar-refractivity contribution >= 4 is 17.9 Å². The molecular weight excluding hydrogens is 552 g/mol. The Hall–Kier alpha value is -2.11. The number of hydrogen-bond donors (Lipinski definition) is 0. The van der Waals surface area contributed by atoms with Gasteiger partial charge >= 0.3 is 17.9 Å². The third kappa shape index (κ3) is 31.3. The summed E-state index contributed by atoms with van der Waals surface area (Å²) in [6.07, 6.45) is 33.4. The largest absolute Gasteiger partial charge is 0.462 e. The van der Waals surface area contributed by atoms with Crippen LogP contribution in [0.25, 0.3) is 0 Å². The van der Waals surface area contributed by atoms with Gasteiger partial charge < -0.3 is 14.2 Å². The summed E-state index contributed by atoms with van der Waals surface area (Å²) in [6.45, 7) is 6.42. The number of ether oxygens (including phenoxy) is 3. The Bertz CT molecular complexity index is 729. The fraction of sp³-hybridized carbons (Fsp3) is 0.816. The molecule has 0 fully saturated rings. The fourth-order valence-corrected chi connectivity index (χ4v) is 4.87. The molecule has 0 spiro atoms. The lowest BCUT2D eigenvalue weighted by Gasteiger charge is -2.18. The summed E-state index contributed by atoms with van der Waals surface area (Å²) in [7, 11) is 0. The van der Waals surface area contributed by atoms with Gasteiger partial charge in [0.05, 0.1) is 0 Å². The third-order valence-corrected chi connectivity index (χ3v) is 7.71. The van der Waals surface area contributed by atoms with Crippen LogP contribution in [0, 0.1) is 0 Å². The Morgan fingerprint density at radius 3 is 1.32 bits per heavy atom. The number of allylic oxidation sites excluding steroid dienone is 4. The Balaban J connectivity index is 4.27. The molecule has 0 saturated heterocycles. The van der Waals surface area contributed by atoms with Gasteiger partial charge in [0.25, 0.3) is 0 Å². The van der Waals surface area contributed by atoms with Gasteiger partial charge in [-0.25, -0.2) is 0 Å². The van der Waals surface area contributed by atoms with Crippen LogP contribution in [-0.2, 0) is 28.6 Å². The summed E-state index contributed by atoms with van der Waals surface area (Å²) < 4.78 is 16.4. The predicted molar refractivity (Wildman–Crippen MR) is 183 cm³/mol. The van der Waals surface area contributed by atoms with E-state index in [-0.39, 0.29) is 31.1 Å². The summed E-state index contributed by atoms with van der Waals surface area (Å²) in [4.78, 5) is 37.0. The summed E-state index contributed by atoms with van der Waals surface area (Å²) in [5.41, 5.74) is 0. The minimum absolute atomic E-state index is 0.0760. The zero-order valence-corrected chi connectivity index (χ0v) is 28.9. The topological polar surface area (TPSA) is 78.9 Å². The maximum Gasteiger partial charge on any atom is 0.306 e. The molecule has 0 aliphatic carbocycles. The van der Waals surface area contributed by atoms with Crippen molar-refractivity contribution in [1.82, 2.24) is 0 Å². The number of unbranched alkanes of at least 4 members (excludes halogenated alkanes) is 17. The zero-order valence-electron chi connectivity index (χ0n) is 28.9. The number of rotatable bonds is 32. The van der Waals surface area contributed by atoms with Crippen LogP contribution in [0.15, 0.2) is 24.3 Å². The molecule has 0 aromatic rings. The van der Waals surface area contributed by atoms with Crippen LogP contribution in [0.1, 0.15) is 181 Å². The lowest BCUT2D eigenvalue weighted by molar-refractivity contribution is -0.167. The third-order valence-electron chi connectivity index (χ3n) is 7.71. The summed E-state index contributed by atoms with van der Waals surface area (Å²) in [5, 5.41) is 0. The second kappa shape index (κ2) is 33.8. The van der Waals surface area contributed by atoms with E-state index in [4.69, 9.17) is 14.2 Å². The smallest absolute Gasteiger partial charge is 0.306 e. The van der Waals surface area contributed by atoms with Gasteiger partial charge in [0, 0.05) is 19.3 Å². The van der Waals surface area contributed by atoms with Gasteiger partial charge in [-0.05, 0) is 44.9 Å². The van der Waals surface area contributed by atoms with Crippen LogP contribution in [-0.4, -0.2) is 37.2 Å². The van der Waals surface area contributed by atoms with Crippen LogP contribution in [0.5, 0.6) is 0 Å². The monoisotopic (exact) mass is 621 g/mol. The highest BCUT2D eigenvalue weighted by Gasteiger charge is 2.19. The molecule has 0 aliphatic rings. The first-order valence-corrected chi connectivity index (χ1v) is 18.3. The van der Waals surface area contributed by atoms with Crippen molar-refractivity contribution in [2.45, 2.75) is 187 Å². The molecule has 0 N–H and O–H groups in total. The van der Waals surface area contributed by atoms with E-state index in [1.165, 1.54) is 57.8 Å². The summed E-state index contributed by atoms with van der Waals surface area (Å²) >= 11 is 0. The van der Waals surface area contributed by atoms with Gasteiger partial charge in [0.1, 0.15) is 13.2 Å². The molecule has 256 valence electrons. The van der Waals surface area contributed by atoms with Crippen molar-refractivity contribution in [3.63, 3.8) is 0 Å². The van der Waals surface area contributed by atoms with E-state index in [9.17, 15) is 14.4 Å². The molecule has 0 heterocycles. The van der Waals surface area contributed by atoms with E-state index >= 15 is 0 Å². The first-order chi connectivity index (χ1) is 21.5. The van der Waals surface area contributed by atoms with Crippen molar-refractivity contribution < 1.29 is 28.6 Å². The second-order valence-electron chi connectivity index (χ2n) is 12.1. The normalized spacial score (nSPS) is 12.2. The Kier molecular flexibility index (Phi) is 32.2. The average Bonchev–Trinajstić information content (AvgIpc) is 3.02. The van der Waals surface area contributed by atoms with Gasteiger partial charge in [-0.15, -0.1) is 0 Å². The maximum absolute atomic E-state index is 12.5. The zero-order chi connectivity index (χ0) is 32.4. The molecular formula is C38H68O6. The van der Waals surface area contributed by atoms with Gasteiger partial charge in [-0.1, -0.05) is 141 Å². The summed E-state index contributed by atoms with van der Waals surface area (Å²) in [5.74, 6) is -0.917. The second-order valence-corrected chi connectivity index (χ2v) is 12.1. The minimum Gasteiger partial charge on any atom is -0.462 e. The summed E-state index contributed by atoms with van der Waals surface area (Å²) in [6, 6.07) is 0. The van der Waals surface area contributed by atoms with E-state index in [1.807, 2.05) is 0 Å². The molecule has 44 heavy (non-hydrogen) atoms. The number of esters is 3. The van der Waals surface area contributed by atoms with Crippen LogP contribution in [0.4, 0.5) is 0 Å². The number of carbonyl (C=O) groups excluding carboxylic acids is 3. The molecule has 6 heteroatoms. The quantitative estimate of drug-likeness (QED) is 0.0322. The molecule has 1 atom stereocenters. The van der Waals surface area contributed by atoms with Crippen LogP contribution in [0.3, 0.4) is 0 Å². The van der Waals surface area contributed by atoms with Crippen molar-refractivity contribution in [3.05, 3.63) is 24.3 Å². The molecule has 0 aromatic carbocycles. The van der Waals surface area contributed by atoms with Crippen molar-refractivity contribution in [2.24, 2.45) is 0 Å². The first-order valence-electron chi connectivity index (χ1n) is 18.3. The first kappa shape index (κ1) is 41.9. The van der Waals surface area contributed by atoms with E-state index in [0.29, 0.717) is 19.3 Å². The average molecular weight is 621 g/mol. The van der Waals surface area contributed by atoms with Gasteiger partial charge in [-0.2, -0.15) is 0 Å². The Labute approximate surface area is 271 Å². The van der Waals surface area contributed by atoms with E-state index in [2.05, 4.69) is 45.1 Å². The Morgan fingerprint density at radius 1 is 0.455 bits per heavy atom. The van der Waals surface area contributed by atoms with Crippen LogP contribution in [0.2, 0.25) is 0 Å². The van der Waals surface area contributed by atoms with Crippen molar-refractivity contribution in [1.29, 1.82) is 0 Å². The number of hydrogen-bond acceptors (Lipinski definition) is 6. The molecule has 0 amide bonds. The van der Waals surface area contributed by atoms with Gasteiger partial charge in [-0.3, -0.25) is 14.4 Å². The van der Waals surface area contributed by atoms with Gasteiger partial charge in [0.15, 0.2) is 6.10 Å². The molecule has 0 aliphatic heterocycles. The highest BCUT2D eigenvalue weighted by atomic mass is 16.6. The van der Waals surface area contributed by atoms with E-state index < -0.39 is 6.10 Å². The molecule has 0 aromatic heterocycles. The predicted octanol–water partition coefficient (Wildman–Crippen LogP) is 10.9. The molecule has 0 bridgehead atoms. The van der Waals surface area contributed by atoms with Crippen LogP contribution >= 0.6 is 0 Å². The molecule has 0 saturated carbocycles. The standard InChI is InChI=1S/C38H68O6/c1-4-7-10-13-15-16-17-18-19-20-21-23-25-28-31-37(40)43-34-35(33-42-36(39)30-27-24-12-9-6-3)44-38(41)32-29-26-22-14-11-8-5-2/h13,15,17-18,35H,4-12,14,16,19-34H2,1-3H3/b15-13-,18-17-. The van der Waals surface area contributed by atoms with Gasteiger partial charge in [0.2, 0.25) is 0 Å². The van der Waals surface area contributed by atoms with Crippen molar-refractivity contribution in [2.75, 3.05) is 13.2 Å². The molecule has 1 unspecified atom stereocenters. The van der Waals surface area contributed by atoms with E-state index in [1.54, 1.807) is 0 Å². The molecule has 0 rings (SSSR count). The van der Waals surface area contributed by atoms with Crippen LogP contribution < -0.4 is 0 Å². The Morgan fingerprint density at radius 2 is 0.841 bits per heavy atom. The number of carbonyl (C=O) groups is 3. The molecule has 0 radical (unpaired) electrons. The molecule has 6 nitrogen and oxygen atoms in total. The van der Waals surface area contributed by atoms with Crippen molar-refractivity contribution in [3.8, 4) is 0 Å².